The van der Waals surface area contributed by atoms with Gasteiger partial charge >= 0.3 is 0 Å². The van der Waals surface area contributed by atoms with E-state index in [0.29, 0.717) is 43.0 Å². The number of carbonyl (C=O) groups excluding carboxylic acids is 2. The highest BCUT2D eigenvalue weighted by Gasteiger charge is 2.24. The van der Waals surface area contributed by atoms with E-state index in [-0.39, 0.29) is 35.2 Å². The second-order valence-corrected chi connectivity index (χ2v) is 11.6. The number of methoxy groups -OCH3 is 1. The summed E-state index contributed by atoms with van der Waals surface area (Å²) in [6, 6.07) is 18.1. The largest absolute Gasteiger partial charge is 0.497 e. The quantitative estimate of drug-likeness (QED) is 0.397. The lowest BCUT2D eigenvalue weighted by molar-refractivity contribution is -0.133. The monoisotopic (exact) mass is 564 g/mol. The number of nitrogens with zero attached hydrogens (tertiary/aromatic N) is 2. The van der Waals surface area contributed by atoms with Crippen LogP contribution in [0.3, 0.4) is 0 Å². The number of sulfonamides is 1. The first-order valence-electron chi connectivity index (χ1n) is 13.2. The number of hydrogen-bond donors (Lipinski definition) is 2. The molecule has 212 valence electrons. The molecule has 0 saturated carbocycles. The first-order valence-corrected chi connectivity index (χ1v) is 14.7. The standard InChI is InChI=1S/C30H36N4O5S/c1-21-18-22(2)30(23(3)19-21)40(37,38)32-27-11-6-5-10-26(27)31-28(35)12-13-29(36)34-16-14-33(15-17-34)24-8-7-9-25(20-24)39-4/h5-11,18-20,32H,12-17H2,1-4H3,(H,31,35). The third-order valence-corrected chi connectivity index (χ3v) is 8.61. The Bertz CT molecular complexity index is 1470. The van der Waals surface area contributed by atoms with E-state index in [1.807, 2.05) is 43.3 Å². The molecule has 0 atom stereocenters. The van der Waals surface area contributed by atoms with Crippen molar-refractivity contribution in [3.63, 3.8) is 0 Å². The molecule has 0 aliphatic carbocycles. The summed E-state index contributed by atoms with van der Waals surface area (Å²) < 4.78 is 34.4. The van der Waals surface area contributed by atoms with E-state index >= 15 is 0 Å². The number of piperazine rings is 1. The summed E-state index contributed by atoms with van der Waals surface area (Å²) >= 11 is 0. The van der Waals surface area contributed by atoms with Crippen LogP contribution >= 0.6 is 0 Å². The van der Waals surface area contributed by atoms with E-state index in [1.54, 1.807) is 50.1 Å². The summed E-state index contributed by atoms with van der Waals surface area (Å²) in [5.41, 5.74) is 3.92. The van der Waals surface area contributed by atoms with Crippen molar-refractivity contribution >= 4 is 38.9 Å². The molecule has 0 spiro atoms. The molecule has 3 aromatic rings. The number of rotatable bonds is 9. The highest BCUT2D eigenvalue weighted by Crippen LogP contribution is 2.28. The van der Waals surface area contributed by atoms with Gasteiger partial charge in [-0.2, -0.15) is 0 Å². The average molecular weight is 565 g/mol. The lowest BCUT2D eigenvalue weighted by Crippen LogP contribution is -2.48. The van der Waals surface area contributed by atoms with Gasteiger partial charge in [-0.1, -0.05) is 35.9 Å². The number of benzene rings is 3. The Morgan fingerprint density at radius 3 is 2.15 bits per heavy atom. The molecule has 40 heavy (non-hydrogen) atoms. The van der Waals surface area contributed by atoms with Crippen molar-refractivity contribution in [2.24, 2.45) is 0 Å². The molecule has 1 saturated heterocycles. The molecule has 0 unspecified atom stereocenters. The van der Waals surface area contributed by atoms with Crippen LogP contribution in [0.15, 0.2) is 65.6 Å². The van der Waals surface area contributed by atoms with Crippen molar-refractivity contribution in [3.05, 3.63) is 77.4 Å². The molecular formula is C30H36N4O5S. The lowest BCUT2D eigenvalue weighted by atomic mass is 10.1. The molecule has 0 bridgehead atoms. The SMILES string of the molecule is COc1cccc(N2CCN(C(=O)CCC(=O)Nc3ccccc3NS(=O)(=O)c3c(C)cc(C)cc3C)CC2)c1. The summed E-state index contributed by atoms with van der Waals surface area (Å²) in [5, 5.41) is 2.76. The molecule has 10 heteroatoms. The van der Waals surface area contributed by atoms with Crippen LogP contribution in [-0.2, 0) is 19.6 Å². The van der Waals surface area contributed by atoms with Gasteiger partial charge in [-0.05, 0) is 56.2 Å². The van der Waals surface area contributed by atoms with Gasteiger partial charge in [-0.15, -0.1) is 0 Å². The maximum atomic E-state index is 13.2. The second-order valence-electron chi connectivity index (χ2n) is 10.00. The van der Waals surface area contributed by atoms with E-state index in [1.165, 1.54) is 0 Å². The topological polar surface area (TPSA) is 108 Å². The van der Waals surface area contributed by atoms with E-state index in [0.717, 1.165) is 17.0 Å². The molecular weight excluding hydrogens is 528 g/mol. The van der Waals surface area contributed by atoms with Crippen molar-refractivity contribution in [1.29, 1.82) is 0 Å². The predicted molar refractivity (Wildman–Crippen MR) is 158 cm³/mol. The maximum absolute atomic E-state index is 13.2. The van der Waals surface area contributed by atoms with Crippen LogP contribution in [0.5, 0.6) is 5.75 Å². The smallest absolute Gasteiger partial charge is 0.262 e. The van der Waals surface area contributed by atoms with E-state index < -0.39 is 10.0 Å². The Hall–Kier alpha value is -4.05. The second kappa shape index (κ2) is 12.4. The van der Waals surface area contributed by atoms with Gasteiger partial charge in [0.2, 0.25) is 11.8 Å². The minimum Gasteiger partial charge on any atom is -0.497 e. The van der Waals surface area contributed by atoms with Gasteiger partial charge in [0.05, 0.1) is 23.4 Å². The fourth-order valence-corrected chi connectivity index (χ4v) is 6.62. The molecule has 9 nitrogen and oxygen atoms in total. The van der Waals surface area contributed by atoms with Crippen LogP contribution in [0.4, 0.5) is 17.1 Å². The fraction of sp³-hybridized carbons (Fsp3) is 0.333. The number of carbonyl (C=O) groups is 2. The molecule has 0 radical (unpaired) electrons. The van der Waals surface area contributed by atoms with Gasteiger partial charge in [-0.3, -0.25) is 14.3 Å². The molecule has 0 aromatic heterocycles. The zero-order valence-electron chi connectivity index (χ0n) is 23.4. The molecule has 1 heterocycles. The van der Waals surface area contributed by atoms with Gasteiger partial charge in [0, 0.05) is 50.8 Å². The van der Waals surface area contributed by atoms with E-state index in [2.05, 4.69) is 14.9 Å². The summed E-state index contributed by atoms with van der Waals surface area (Å²) in [6.45, 7) is 7.97. The van der Waals surface area contributed by atoms with Crippen LogP contribution in [0, 0.1) is 20.8 Å². The summed E-state index contributed by atoms with van der Waals surface area (Å²) in [6.07, 6.45) is 0.0623. The number of amides is 2. The highest BCUT2D eigenvalue weighted by molar-refractivity contribution is 7.92. The van der Waals surface area contributed by atoms with E-state index in [9.17, 15) is 18.0 Å². The van der Waals surface area contributed by atoms with Crippen LogP contribution in [0.2, 0.25) is 0 Å². The Kier molecular flexibility index (Phi) is 8.99. The molecule has 3 aromatic carbocycles. The molecule has 2 N–H and O–H groups in total. The van der Waals surface area contributed by atoms with Gasteiger partial charge < -0.3 is 19.9 Å². The number of aryl methyl sites for hydroxylation is 3. The number of hydrogen-bond acceptors (Lipinski definition) is 6. The van der Waals surface area contributed by atoms with Crippen LogP contribution in [-0.4, -0.2) is 58.4 Å². The van der Waals surface area contributed by atoms with Crippen LogP contribution in [0.25, 0.3) is 0 Å². The Morgan fingerprint density at radius 1 is 0.850 bits per heavy atom. The summed E-state index contributed by atoms with van der Waals surface area (Å²) in [4.78, 5) is 29.8. The number of ether oxygens (including phenoxy) is 1. The third-order valence-electron chi connectivity index (χ3n) is 6.94. The minimum absolute atomic E-state index is 0.00774. The van der Waals surface area contributed by atoms with Crippen molar-refractivity contribution in [2.45, 2.75) is 38.5 Å². The maximum Gasteiger partial charge on any atom is 0.262 e. The van der Waals surface area contributed by atoms with Crippen LogP contribution < -0.4 is 19.7 Å². The van der Waals surface area contributed by atoms with Gasteiger partial charge in [0.15, 0.2) is 0 Å². The van der Waals surface area contributed by atoms with Gasteiger partial charge in [0.1, 0.15) is 5.75 Å². The van der Waals surface area contributed by atoms with Crippen molar-refractivity contribution in [1.82, 2.24) is 4.90 Å². The molecule has 1 aliphatic heterocycles. The predicted octanol–water partition coefficient (Wildman–Crippen LogP) is 4.49. The Balaban J connectivity index is 1.32. The van der Waals surface area contributed by atoms with Crippen molar-refractivity contribution in [2.75, 3.05) is 48.2 Å². The average Bonchev–Trinajstić information content (AvgIpc) is 2.92. The van der Waals surface area contributed by atoms with E-state index in [4.69, 9.17) is 4.74 Å². The van der Waals surface area contributed by atoms with Crippen molar-refractivity contribution < 1.29 is 22.7 Å². The third kappa shape index (κ3) is 6.93. The molecule has 1 fully saturated rings. The van der Waals surface area contributed by atoms with Gasteiger partial charge in [-0.25, -0.2) is 8.42 Å². The lowest BCUT2D eigenvalue weighted by Gasteiger charge is -2.36. The van der Waals surface area contributed by atoms with Gasteiger partial charge in [0.25, 0.3) is 10.0 Å². The molecule has 2 amide bonds. The summed E-state index contributed by atoms with van der Waals surface area (Å²) in [7, 11) is -2.26. The van der Waals surface area contributed by atoms with Crippen LogP contribution in [0.1, 0.15) is 29.5 Å². The molecule has 4 rings (SSSR count). The normalized spacial score (nSPS) is 13.6. The zero-order valence-corrected chi connectivity index (χ0v) is 24.2. The zero-order chi connectivity index (χ0) is 28.9. The number of anilines is 3. The minimum atomic E-state index is -3.89. The first kappa shape index (κ1) is 28.9. The molecule has 1 aliphatic rings. The summed E-state index contributed by atoms with van der Waals surface area (Å²) in [5.74, 6) is 0.342. The first-order chi connectivity index (χ1) is 19.1. The Labute approximate surface area is 236 Å². The number of para-hydroxylation sites is 2. The highest BCUT2D eigenvalue weighted by atomic mass is 32.2. The van der Waals surface area contributed by atoms with Crippen molar-refractivity contribution in [3.8, 4) is 5.75 Å². The Morgan fingerprint density at radius 2 is 1.50 bits per heavy atom. The number of nitrogens with one attached hydrogen (secondary N) is 2. The fourth-order valence-electron chi connectivity index (χ4n) is 5.08.